The normalized spacial score (nSPS) is 10.2. The summed E-state index contributed by atoms with van der Waals surface area (Å²) in [4.78, 5) is 9.37. The molecular weight excluding hydrogens is 340 g/mol. The molecule has 0 heterocycles. The Morgan fingerprint density at radius 1 is 0.760 bits per heavy atom. The van der Waals surface area contributed by atoms with Gasteiger partial charge in [0.15, 0.2) is 0 Å². The van der Waals surface area contributed by atoms with Gasteiger partial charge in [0.2, 0.25) is 0 Å². The first kappa shape index (κ1) is 35.3. The SMILES string of the molecule is CC(C)(C)C(O)CO.CCC(=O)O.OCCO.OCCO.OCCO. The topological polar surface area (TPSA) is 199 Å². The highest BCUT2D eigenvalue weighted by molar-refractivity contribution is 5.66. The fourth-order valence-corrected chi connectivity index (χ4v) is 0.274. The van der Waals surface area contributed by atoms with E-state index in [2.05, 4.69) is 0 Å². The van der Waals surface area contributed by atoms with Crippen LogP contribution in [0.1, 0.15) is 34.1 Å². The van der Waals surface area contributed by atoms with Gasteiger partial charge < -0.3 is 46.0 Å². The molecule has 0 bridgehead atoms. The molecule has 1 unspecified atom stereocenters. The number of rotatable bonds is 5. The molecule has 10 nitrogen and oxygen atoms in total. The second-order valence-electron chi connectivity index (χ2n) is 5.15. The molecule has 0 spiro atoms. The quantitative estimate of drug-likeness (QED) is 0.252. The smallest absolute Gasteiger partial charge is 0.303 e. The number of hydrogen-bond acceptors (Lipinski definition) is 9. The Labute approximate surface area is 149 Å². The minimum Gasteiger partial charge on any atom is -0.481 e. The van der Waals surface area contributed by atoms with Crippen molar-refractivity contribution in [3.8, 4) is 0 Å². The Morgan fingerprint density at radius 3 is 0.960 bits per heavy atom. The molecule has 0 aliphatic carbocycles. The Morgan fingerprint density at radius 2 is 0.960 bits per heavy atom. The Kier molecular flexibility index (Phi) is 43.7. The summed E-state index contributed by atoms with van der Waals surface area (Å²) in [7, 11) is 0. The summed E-state index contributed by atoms with van der Waals surface area (Å²) < 4.78 is 0. The first-order valence-electron chi connectivity index (χ1n) is 7.66. The summed E-state index contributed by atoms with van der Waals surface area (Å²) in [6, 6.07) is 0. The molecule has 0 aliphatic heterocycles. The summed E-state index contributed by atoms with van der Waals surface area (Å²) in [5.41, 5.74) is -0.186. The maximum absolute atomic E-state index is 9.37. The molecule has 0 aromatic carbocycles. The summed E-state index contributed by atoms with van der Waals surface area (Å²) in [6.07, 6.45) is -0.373. The van der Waals surface area contributed by atoms with Gasteiger partial charge in [-0.25, -0.2) is 0 Å². The van der Waals surface area contributed by atoms with Gasteiger partial charge in [0.05, 0.1) is 52.4 Å². The highest BCUT2D eigenvalue weighted by Gasteiger charge is 2.20. The Bertz CT molecular complexity index is 203. The lowest BCUT2D eigenvalue weighted by Gasteiger charge is -2.23. The van der Waals surface area contributed by atoms with Gasteiger partial charge in [-0.3, -0.25) is 4.79 Å². The lowest BCUT2D eigenvalue weighted by molar-refractivity contribution is -0.136. The largest absolute Gasteiger partial charge is 0.481 e. The maximum Gasteiger partial charge on any atom is 0.303 e. The summed E-state index contributed by atoms with van der Waals surface area (Å²) >= 11 is 0. The van der Waals surface area contributed by atoms with Gasteiger partial charge in [0.25, 0.3) is 0 Å². The summed E-state index contributed by atoms with van der Waals surface area (Å²) in [6.45, 7) is 6.35. The third-order valence-electron chi connectivity index (χ3n) is 1.78. The predicted molar refractivity (Wildman–Crippen MR) is 93.0 cm³/mol. The van der Waals surface area contributed by atoms with Crippen LogP contribution in [0.5, 0.6) is 0 Å². The lowest BCUT2D eigenvalue weighted by Crippen LogP contribution is -2.29. The van der Waals surface area contributed by atoms with Crippen molar-refractivity contribution >= 4 is 5.97 Å². The monoisotopic (exact) mass is 378 g/mol. The van der Waals surface area contributed by atoms with E-state index in [9.17, 15) is 4.79 Å². The standard InChI is InChI=1S/C6H14O2.C3H6O2.3C2H6O2/c1-6(2,3)5(8)4-7;1-2-3(4)5;3*3-1-2-4/h5,7-8H,4H2,1-3H3;2H2,1H3,(H,4,5);3*3-4H,1-2H2. The van der Waals surface area contributed by atoms with Crippen molar-refractivity contribution in [2.24, 2.45) is 5.41 Å². The number of aliphatic hydroxyl groups is 8. The predicted octanol–water partition coefficient (Wildman–Crippen LogP) is -2.22. The van der Waals surface area contributed by atoms with Gasteiger partial charge in [-0.05, 0) is 5.41 Å². The molecule has 0 aliphatic rings. The van der Waals surface area contributed by atoms with E-state index < -0.39 is 12.1 Å². The molecule has 0 rings (SSSR count). The Hall–Kier alpha value is -0.850. The summed E-state index contributed by atoms with van der Waals surface area (Å²) in [5.74, 6) is -0.745. The summed E-state index contributed by atoms with van der Waals surface area (Å²) in [5, 5.41) is 70.8. The Balaban J connectivity index is -0.0000000694. The molecule has 10 heteroatoms. The van der Waals surface area contributed by atoms with E-state index in [1.807, 2.05) is 20.8 Å². The molecule has 0 saturated carbocycles. The van der Waals surface area contributed by atoms with Crippen molar-refractivity contribution in [3.63, 3.8) is 0 Å². The number of carboxylic acids is 1. The molecule has 158 valence electrons. The van der Waals surface area contributed by atoms with Crippen molar-refractivity contribution in [1.82, 2.24) is 0 Å². The highest BCUT2D eigenvalue weighted by Crippen LogP contribution is 2.17. The molecule has 0 aromatic rings. The van der Waals surface area contributed by atoms with Gasteiger partial charge in [-0.2, -0.15) is 0 Å². The van der Waals surface area contributed by atoms with Crippen LogP contribution in [0.2, 0.25) is 0 Å². The van der Waals surface area contributed by atoms with Crippen molar-refractivity contribution in [1.29, 1.82) is 0 Å². The van der Waals surface area contributed by atoms with E-state index >= 15 is 0 Å². The number of carboxylic acid groups (broad SMARTS) is 1. The zero-order valence-electron chi connectivity index (χ0n) is 15.7. The number of aliphatic carboxylic acids is 1. The van der Waals surface area contributed by atoms with E-state index in [0.29, 0.717) is 0 Å². The van der Waals surface area contributed by atoms with Crippen LogP contribution in [0.3, 0.4) is 0 Å². The van der Waals surface area contributed by atoms with E-state index in [1.165, 1.54) is 0 Å². The van der Waals surface area contributed by atoms with Crippen LogP contribution in [0.25, 0.3) is 0 Å². The molecule has 0 saturated heterocycles. The minimum atomic E-state index is -0.745. The van der Waals surface area contributed by atoms with Crippen LogP contribution in [0, 0.1) is 5.41 Å². The molecule has 0 aromatic heterocycles. The van der Waals surface area contributed by atoms with E-state index in [0.717, 1.165) is 0 Å². The van der Waals surface area contributed by atoms with Gasteiger partial charge in [0, 0.05) is 6.42 Å². The first-order chi connectivity index (χ1) is 11.5. The first-order valence-corrected chi connectivity index (χ1v) is 7.66. The fourth-order valence-electron chi connectivity index (χ4n) is 0.274. The van der Waals surface area contributed by atoms with Gasteiger partial charge in [-0.15, -0.1) is 0 Å². The van der Waals surface area contributed by atoms with Crippen LogP contribution in [0.15, 0.2) is 0 Å². The molecular formula is C15H38O10. The second kappa shape index (κ2) is 31.0. The van der Waals surface area contributed by atoms with E-state index in [-0.39, 0.29) is 58.1 Å². The van der Waals surface area contributed by atoms with E-state index in [4.69, 9.17) is 46.0 Å². The zero-order chi connectivity index (χ0) is 21.3. The third kappa shape index (κ3) is 70.1. The average molecular weight is 378 g/mol. The molecule has 9 N–H and O–H groups in total. The van der Waals surface area contributed by atoms with Crippen LogP contribution in [-0.4, -0.2) is 104 Å². The van der Waals surface area contributed by atoms with Crippen molar-refractivity contribution < 1.29 is 50.8 Å². The molecule has 1 atom stereocenters. The molecule has 25 heavy (non-hydrogen) atoms. The molecule has 0 amide bonds. The van der Waals surface area contributed by atoms with Crippen molar-refractivity contribution in [2.45, 2.75) is 40.2 Å². The number of aliphatic hydroxyl groups excluding tert-OH is 8. The van der Waals surface area contributed by atoms with Crippen molar-refractivity contribution in [2.75, 3.05) is 46.2 Å². The number of carbonyl (C=O) groups is 1. The third-order valence-corrected chi connectivity index (χ3v) is 1.78. The van der Waals surface area contributed by atoms with E-state index in [1.54, 1.807) is 6.92 Å². The number of hydrogen-bond donors (Lipinski definition) is 9. The highest BCUT2D eigenvalue weighted by atomic mass is 16.4. The van der Waals surface area contributed by atoms with Gasteiger partial charge in [-0.1, -0.05) is 27.7 Å². The van der Waals surface area contributed by atoms with Crippen LogP contribution in [-0.2, 0) is 4.79 Å². The average Bonchev–Trinajstić information content (AvgIpc) is 2.61. The van der Waals surface area contributed by atoms with Crippen LogP contribution < -0.4 is 0 Å². The van der Waals surface area contributed by atoms with Crippen molar-refractivity contribution in [3.05, 3.63) is 0 Å². The molecule has 0 radical (unpaired) electrons. The maximum atomic E-state index is 9.37. The lowest BCUT2D eigenvalue weighted by atomic mass is 9.90. The van der Waals surface area contributed by atoms with Gasteiger partial charge >= 0.3 is 5.97 Å². The molecule has 0 fully saturated rings. The van der Waals surface area contributed by atoms with Crippen LogP contribution in [0.4, 0.5) is 0 Å². The zero-order valence-corrected chi connectivity index (χ0v) is 15.7. The minimum absolute atomic E-state index is 0.125. The van der Waals surface area contributed by atoms with Crippen LogP contribution >= 0.6 is 0 Å². The fraction of sp³-hybridized carbons (Fsp3) is 0.933. The second-order valence-corrected chi connectivity index (χ2v) is 5.15. The van der Waals surface area contributed by atoms with Gasteiger partial charge in [0.1, 0.15) is 0 Å².